The van der Waals surface area contributed by atoms with Gasteiger partial charge in [0, 0.05) is 18.8 Å². The van der Waals surface area contributed by atoms with Crippen molar-refractivity contribution in [1.29, 1.82) is 0 Å². The molecule has 1 saturated heterocycles. The summed E-state index contributed by atoms with van der Waals surface area (Å²) in [5, 5.41) is 2.97. The van der Waals surface area contributed by atoms with Crippen LogP contribution in [0.25, 0.3) is 0 Å². The van der Waals surface area contributed by atoms with Crippen LogP contribution < -0.4 is 5.32 Å². The lowest BCUT2D eigenvalue weighted by Gasteiger charge is -2.22. The lowest BCUT2D eigenvalue weighted by molar-refractivity contribution is -0.141. The van der Waals surface area contributed by atoms with E-state index in [-0.39, 0.29) is 11.8 Å². The Morgan fingerprint density at radius 3 is 2.43 bits per heavy atom. The molecule has 2 amide bonds. The first kappa shape index (κ1) is 14.1. The Morgan fingerprint density at radius 1 is 1.14 bits per heavy atom. The van der Waals surface area contributed by atoms with Gasteiger partial charge in [-0.2, -0.15) is 0 Å². The predicted molar refractivity (Wildman–Crippen MR) is 82.0 cm³/mol. The number of hydrogen-bond donors (Lipinski definition) is 1. The van der Waals surface area contributed by atoms with Crippen molar-refractivity contribution < 1.29 is 9.59 Å². The number of hydrogen-bond acceptors (Lipinski definition) is 2. The molecule has 2 fully saturated rings. The molecule has 3 rings (SSSR count). The van der Waals surface area contributed by atoms with Gasteiger partial charge in [-0.15, -0.1) is 0 Å². The molecule has 21 heavy (non-hydrogen) atoms. The number of likely N-dealkylation sites (tertiary alicyclic amines) is 1. The van der Waals surface area contributed by atoms with E-state index in [2.05, 4.69) is 5.32 Å². The maximum Gasteiger partial charge on any atom is 0.240 e. The molecule has 1 N–H and O–H groups in total. The largest absolute Gasteiger partial charge is 0.342 e. The summed E-state index contributed by atoms with van der Waals surface area (Å²) in [6, 6.07) is 5.85. The number of aryl methyl sites for hydroxylation is 1. The summed E-state index contributed by atoms with van der Waals surface area (Å²) in [5.74, 6) is -0.101. The molecule has 0 radical (unpaired) electrons. The van der Waals surface area contributed by atoms with Gasteiger partial charge in [0.05, 0.1) is 0 Å². The number of rotatable bonds is 3. The van der Waals surface area contributed by atoms with E-state index >= 15 is 0 Å². The van der Waals surface area contributed by atoms with E-state index in [0.717, 1.165) is 42.7 Å². The number of benzene rings is 1. The minimum atomic E-state index is -0.791. The number of nitrogens with one attached hydrogen (secondary N) is 1. The lowest BCUT2D eigenvalue weighted by atomic mass is 10.0. The number of carbonyl (C=O) groups is 2. The Morgan fingerprint density at radius 2 is 1.81 bits per heavy atom. The molecule has 0 bridgehead atoms. The average Bonchev–Trinajstić information content (AvgIpc) is 3.10. The van der Waals surface area contributed by atoms with Crippen LogP contribution in [0.15, 0.2) is 18.2 Å². The molecule has 0 unspecified atom stereocenters. The van der Waals surface area contributed by atoms with Crippen LogP contribution in [-0.2, 0) is 9.59 Å². The van der Waals surface area contributed by atoms with Crippen molar-refractivity contribution in [2.75, 3.05) is 18.4 Å². The van der Waals surface area contributed by atoms with Gasteiger partial charge in [0.1, 0.15) is 5.41 Å². The minimum absolute atomic E-state index is 0.0304. The first-order valence-corrected chi connectivity index (χ1v) is 7.72. The molecule has 0 atom stereocenters. The van der Waals surface area contributed by atoms with Crippen LogP contribution in [0.2, 0.25) is 0 Å². The summed E-state index contributed by atoms with van der Waals surface area (Å²) in [7, 11) is 0. The number of carbonyl (C=O) groups excluding carboxylic acids is 2. The normalized spacial score (nSPS) is 19.4. The summed E-state index contributed by atoms with van der Waals surface area (Å²) in [4.78, 5) is 27.0. The van der Waals surface area contributed by atoms with Crippen LogP contribution in [0.1, 0.15) is 36.8 Å². The van der Waals surface area contributed by atoms with E-state index in [1.165, 1.54) is 0 Å². The molecule has 1 heterocycles. The van der Waals surface area contributed by atoms with Gasteiger partial charge < -0.3 is 10.2 Å². The predicted octanol–water partition coefficient (Wildman–Crippen LogP) is 2.64. The van der Waals surface area contributed by atoms with Crippen molar-refractivity contribution in [3.63, 3.8) is 0 Å². The zero-order valence-corrected chi connectivity index (χ0v) is 12.7. The second-order valence-electron chi connectivity index (χ2n) is 6.28. The monoisotopic (exact) mass is 286 g/mol. The van der Waals surface area contributed by atoms with E-state index in [9.17, 15) is 9.59 Å². The number of amides is 2. The molecule has 0 spiro atoms. The molecule has 1 aliphatic heterocycles. The van der Waals surface area contributed by atoms with Crippen LogP contribution in [0, 0.1) is 19.3 Å². The van der Waals surface area contributed by atoms with Crippen LogP contribution in [0.4, 0.5) is 5.69 Å². The van der Waals surface area contributed by atoms with Gasteiger partial charge in [-0.3, -0.25) is 9.59 Å². The second-order valence-corrected chi connectivity index (χ2v) is 6.28. The topological polar surface area (TPSA) is 49.4 Å². The highest BCUT2D eigenvalue weighted by atomic mass is 16.2. The van der Waals surface area contributed by atoms with E-state index < -0.39 is 5.41 Å². The SMILES string of the molecule is Cc1cccc(NC(=O)C2(C(=O)N3CCCC3)CC2)c1C. The van der Waals surface area contributed by atoms with Crippen molar-refractivity contribution >= 4 is 17.5 Å². The molecular weight excluding hydrogens is 264 g/mol. The molecule has 1 saturated carbocycles. The fourth-order valence-corrected chi connectivity index (χ4v) is 3.01. The Labute approximate surface area is 125 Å². The van der Waals surface area contributed by atoms with Crippen molar-refractivity contribution in [2.45, 2.75) is 39.5 Å². The summed E-state index contributed by atoms with van der Waals surface area (Å²) in [6.45, 7) is 5.62. The molecule has 1 aromatic rings. The van der Waals surface area contributed by atoms with Gasteiger partial charge in [0.25, 0.3) is 0 Å². The standard InChI is InChI=1S/C17H22N2O2/c1-12-6-5-7-14(13(12)2)18-15(20)17(8-9-17)16(21)19-10-3-4-11-19/h5-7H,3-4,8-11H2,1-2H3,(H,18,20). The lowest BCUT2D eigenvalue weighted by Crippen LogP contribution is -2.41. The molecule has 2 aliphatic rings. The average molecular weight is 286 g/mol. The highest BCUT2D eigenvalue weighted by molar-refractivity contribution is 6.13. The molecule has 112 valence electrons. The highest BCUT2D eigenvalue weighted by Gasteiger charge is 2.58. The highest BCUT2D eigenvalue weighted by Crippen LogP contribution is 2.48. The van der Waals surface area contributed by atoms with E-state index in [0.29, 0.717) is 12.8 Å². The Balaban J connectivity index is 1.75. The van der Waals surface area contributed by atoms with Crippen molar-refractivity contribution in [3.05, 3.63) is 29.3 Å². The summed E-state index contributed by atoms with van der Waals surface area (Å²) < 4.78 is 0. The third-order valence-corrected chi connectivity index (χ3v) is 4.84. The smallest absolute Gasteiger partial charge is 0.240 e. The minimum Gasteiger partial charge on any atom is -0.342 e. The third-order valence-electron chi connectivity index (χ3n) is 4.84. The van der Waals surface area contributed by atoms with Gasteiger partial charge in [-0.05, 0) is 56.7 Å². The quantitative estimate of drug-likeness (QED) is 0.868. The second kappa shape index (κ2) is 5.17. The van der Waals surface area contributed by atoms with Gasteiger partial charge in [-0.1, -0.05) is 12.1 Å². The third kappa shape index (κ3) is 2.43. The van der Waals surface area contributed by atoms with Gasteiger partial charge in [0.2, 0.25) is 11.8 Å². The van der Waals surface area contributed by atoms with Gasteiger partial charge in [-0.25, -0.2) is 0 Å². The van der Waals surface area contributed by atoms with E-state index in [1.54, 1.807) is 0 Å². The first-order valence-electron chi connectivity index (χ1n) is 7.72. The summed E-state index contributed by atoms with van der Waals surface area (Å²) >= 11 is 0. The zero-order chi connectivity index (χ0) is 15.0. The van der Waals surface area contributed by atoms with Crippen LogP contribution in [-0.4, -0.2) is 29.8 Å². The van der Waals surface area contributed by atoms with Crippen LogP contribution in [0.5, 0.6) is 0 Å². The van der Waals surface area contributed by atoms with Crippen molar-refractivity contribution in [3.8, 4) is 0 Å². The van der Waals surface area contributed by atoms with Crippen molar-refractivity contribution in [2.24, 2.45) is 5.41 Å². The van der Waals surface area contributed by atoms with Crippen LogP contribution >= 0.6 is 0 Å². The molecule has 0 aromatic heterocycles. The molecule has 1 aromatic carbocycles. The molecule has 4 nitrogen and oxygen atoms in total. The van der Waals surface area contributed by atoms with E-state index in [4.69, 9.17) is 0 Å². The van der Waals surface area contributed by atoms with Crippen LogP contribution in [0.3, 0.4) is 0 Å². The Hall–Kier alpha value is -1.84. The molecule has 4 heteroatoms. The Kier molecular flexibility index (Phi) is 3.47. The summed E-state index contributed by atoms with van der Waals surface area (Å²) in [6.07, 6.45) is 3.47. The maximum atomic E-state index is 12.6. The molecule has 1 aliphatic carbocycles. The number of anilines is 1. The number of nitrogens with zero attached hydrogens (tertiary/aromatic N) is 1. The van der Waals surface area contributed by atoms with Gasteiger partial charge in [0.15, 0.2) is 0 Å². The Bertz CT molecular complexity index is 584. The van der Waals surface area contributed by atoms with Gasteiger partial charge >= 0.3 is 0 Å². The fourth-order valence-electron chi connectivity index (χ4n) is 3.01. The fraction of sp³-hybridized carbons (Fsp3) is 0.529. The molecular formula is C17H22N2O2. The van der Waals surface area contributed by atoms with E-state index in [1.807, 2.05) is 36.9 Å². The van der Waals surface area contributed by atoms with Crippen molar-refractivity contribution in [1.82, 2.24) is 4.90 Å². The zero-order valence-electron chi connectivity index (χ0n) is 12.7. The first-order chi connectivity index (χ1) is 10.0. The maximum absolute atomic E-state index is 12.6. The summed E-state index contributed by atoms with van der Waals surface area (Å²) in [5.41, 5.74) is 2.24.